The monoisotopic (exact) mass is 415 g/mol. The summed E-state index contributed by atoms with van der Waals surface area (Å²) in [6, 6.07) is 17.3. The van der Waals surface area contributed by atoms with Gasteiger partial charge in [0.15, 0.2) is 0 Å². The SMILES string of the molecule is O=C(CSCCc1nc(-c2ccc(Cl)cc2)cs1)N/N=C/c1ccccc1. The molecule has 0 saturated carbocycles. The summed E-state index contributed by atoms with van der Waals surface area (Å²) < 4.78 is 0. The van der Waals surface area contributed by atoms with E-state index < -0.39 is 0 Å². The Labute approximate surface area is 171 Å². The van der Waals surface area contributed by atoms with E-state index in [0.29, 0.717) is 5.75 Å². The van der Waals surface area contributed by atoms with Crippen molar-refractivity contribution in [3.8, 4) is 11.3 Å². The molecule has 0 fully saturated rings. The van der Waals surface area contributed by atoms with Gasteiger partial charge in [0, 0.05) is 28.1 Å². The van der Waals surface area contributed by atoms with Gasteiger partial charge in [-0.15, -0.1) is 11.3 Å². The highest BCUT2D eigenvalue weighted by Crippen LogP contribution is 2.24. The summed E-state index contributed by atoms with van der Waals surface area (Å²) in [5, 5.41) is 7.80. The van der Waals surface area contributed by atoms with Crippen LogP contribution in [0.15, 0.2) is 65.1 Å². The largest absolute Gasteiger partial charge is 0.272 e. The summed E-state index contributed by atoms with van der Waals surface area (Å²) in [5.41, 5.74) is 5.52. The third-order valence-corrected chi connectivity index (χ3v) is 5.71. The number of hydrogen-bond donors (Lipinski definition) is 1. The van der Waals surface area contributed by atoms with Crippen molar-refractivity contribution >= 4 is 46.8 Å². The van der Waals surface area contributed by atoms with E-state index in [-0.39, 0.29) is 5.91 Å². The molecule has 4 nitrogen and oxygen atoms in total. The van der Waals surface area contributed by atoms with Crippen LogP contribution in [0.4, 0.5) is 0 Å². The normalized spacial score (nSPS) is 11.0. The summed E-state index contributed by atoms with van der Waals surface area (Å²) in [5.74, 6) is 1.11. The molecule has 1 amide bonds. The van der Waals surface area contributed by atoms with Crippen LogP contribution in [0.1, 0.15) is 10.6 Å². The standard InChI is InChI=1S/C20H18ClN3OS2/c21-17-8-6-16(7-9-17)18-13-27-20(23-18)10-11-26-14-19(25)24-22-12-15-4-2-1-3-5-15/h1-9,12-13H,10-11,14H2,(H,24,25)/b22-12+. The third kappa shape index (κ3) is 6.50. The summed E-state index contributed by atoms with van der Waals surface area (Å²) in [6.07, 6.45) is 2.47. The average Bonchev–Trinajstić information content (AvgIpc) is 3.16. The van der Waals surface area contributed by atoms with Crippen LogP contribution in [0.3, 0.4) is 0 Å². The molecule has 0 unspecified atom stereocenters. The van der Waals surface area contributed by atoms with Crippen molar-refractivity contribution in [2.75, 3.05) is 11.5 Å². The van der Waals surface area contributed by atoms with Crippen LogP contribution in [0.2, 0.25) is 5.02 Å². The maximum absolute atomic E-state index is 11.8. The molecule has 3 aromatic rings. The van der Waals surface area contributed by atoms with Crippen LogP contribution >= 0.6 is 34.7 Å². The van der Waals surface area contributed by atoms with Crippen molar-refractivity contribution in [3.05, 3.63) is 75.6 Å². The fourth-order valence-electron chi connectivity index (χ4n) is 2.25. The molecule has 1 N–H and O–H groups in total. The van der Waals surface area contributed by atoms with Crippen molar-refractivity contribution in [1.82, 2.24) is 10.4 Å². The quantitative estimate of drug-likeness (QED) is 0.323. The van der Waals surface area contributed by atoms with E-state index in [9.17, 15) is 4.79 Å². The third-order valence-electron chi connectivity index (χ3n) is 3.59. The maximum atomic E-state index is 11.8. The van der Waals surface area contributed by atoms with Gasteiger partial charge in [-0.25, -0.2) is 10.4 Å². The Morgan fingerprint density at radius 2 is 1.96 bits per heavy atom. The van der Waals surface area contributed by atoms with E-state index >= 15 is 0 Å². The van der Waals surface area contributed by atoms with Crippen LogP contribution in [0.5, 0.6) is 0 Å². The smallest absolute Gasteiger partial charge is 0.250 e. The Morgan fingerprint density at radius 3 is 2.74 bits per heavy atom. The van der Waals surface area contributed by atoms with Crippen molar-refractivity contribution in [2.24, 2.45) is 5.10 Å². The number of carbonyl (C=O) groups excluding carboxylic acids is 1. The number of aromatic nitrogens is 1. The first-order valence-electron chi connectivity index (χ1n) is 8.36. The van der Waals surface area contributed by atoms with E-state index in [2.05, 4.69) is 15.5 Å². The molecule has 0 saturated heterocycles. The second-order valence-electron chi connectivity index (χ2n) is 5.64. The molecule has 7 heteroatoms. The number of carbonyl (C=O) groups is 1. The van der Waals surface area contributed by atoms with Crippen molar-refractivity contribution in [2.45, 2.75) is 6.42 Å². The number of halogens is 1. The van der Waals surface area contributed by atoms with E-state index in [4.69, 9.17) is 11.6 Å². The zero-order chi connectivity index (χ0) is 18.9. The van der Waals surface area contributed by atoms with E-state index in [1.165, 1.54) is 0 Å². The van der Waals surface area contributed by atoms with Crippen molar-refractivity contribution < 1.29 is 4.79 Å². The molecule has 0 radical (unpaired) electrons. The minimum atomic E-state index is -0.104. The molecule has 1 heterocycles. The minimum Gasteiger partial charge on any atom is -0.272 e. The fourth-order valence-corrected chi connectivity index (χ4v) is 4.05. The van der Waals surface area contributed by atoms with Crippen molar-refractivity contribution in [3.63, 3.8) is 0 Å². The predicted molar refractivity (Wildman–Crippen MR) is 116 cm³/mol. The van der Waals surface area contributed by atoms with Gasteiger partial charge in [-0.3, -0.25) is 4.79 Å². The fraction of sp³-hybridized carbons (Fsp3) is 0.150. The van der Waals surface area contributed by atoms with Crippen LogP contribution in [0, 0.1) is 0 Å². The zero-order valence-electron chi connectivity index (χ0n) is 14.5. The minimum absolute atomic E-state index is 0.104. The summed E-state index contributed by atoms with van der Waals surface area (Å²) in [4.78, 5) is 16.4. The first-order chi connectivity index (χ1) is 13.2. The number of nitrogens with one attached hydrogen (secondary N) is 1. The Hall–Kier alpha value is -2.15. The van der Waals surface area contributed by atoms with Gasteiger partial charge in [-0.2, -0.15) is 16.9 Å². The number of benzene rings is 2. The van der Waals surface area contributed by atoms with Crippen LogP contribution < -0.4 is 5.43 Å². The number of thiazole rings is 1. The topological polar surface area (TPSA) is 54.4 Å². The Morgan fingerprint density at radius 1 is 1.19 bits per heavy atom. The van der Waals surface area contributed by atoms with Gasteiger partial charge in [0.25, 0.3) is 0 Å². The molecule has 0 bridgehead atoms. The predicted octanol–water partition coefficient (Wildman–Crippen LogP) is 4.89. The molecule has 0 atom stereocenters. The molecule has 2 aromatic carbocycles. The van der Waals surface area contributed by atoms with Gasteiger partial charge < -0.3 is 0 Å². The van der Waals surface area contributed by atoms with Gasteiger partial charge >= 0.3 is 0 Å². The lowest BCUT2D eigenvalue weighted by molar-refractivity contribution is -0.118. The van der Waals surface area contributed by atoms with Crippen molar-refractivity contribution in [1.29, 1.82) is 0 Å². The van der Waals surface area contributed by atoms with Gasteiger partial charge in [0.1, 0.15) is 0 Å². The Bertz CT molecular complexity index is 895. The van der Waals surface area contributed by atoms with E-state index in [1.807, 2.05) is 60.0 Å². The summed E-state index contributed by atoms with van der Waals surface area (Å²) in [7, 11) is 0. The number of thioether (sulfide) groups is 1. The molecule has 3 rings (SSSR count). The number of aryl methyl sites for hydroxylation is 1. The molecule has 138 valence electrons. The summed E-state index contributed by atoms with van der Waals surface area (Å²) >= 11 is 9.13. The van der Waals surface area contributed by atoms with E-state index in [0.717, 1.165) is 39.0 Å². The number of hydrogen-bond acceptors (Lipinski definition) is 5. The molecule has 0 spiro atoms. The Balaban J connectivity index is 1.37. The molecule has 27 heavy (non-hydrogen) atoms. The molecular weight excluding hydrogens is 398 g/mol. The van der Waals surface area contributed by atoms with Crippen LogP contribution in [-0.4, -0.2) is 28.6 Å². The van der Waals surface area contributed by atoms with Gasteiger partial charge in [0.05, 0.1) is 22.7 Å². The highest BCUT2D eigenvalue weighted by Gasteiger charge is 2.06. The first kappa shape index (κ1) is 19.6. The van der Waals surface area contributed by atoms with Crippen LogP contribution in [0.25, 0.3) is 11.3 Å². The lowest BCUT2D eigenvalue weighted by atomic mass is 10.2. The molecule has 0 aliphatic carbocycles. The van der Waals surface area contributed by atoms with Gasteiger partial charge in [-0.1, -0.05) is 54.1 Å². The van der Waals surface area contributed by atoms with Gasteiger partial charge in [0.2, 0.25) is 5.91 Å². The van der Waals surface area contributed by atoms with Gasteiger partial charge in [-0.05, 0) is 17.7 Å². The number of rotatable bonds is 8. The van der Waals surface area contributed by atoms with E-state index in [1.54, 1.807) is 29.3 Å². The lowest BCUT2D eigenvalue weighted by Gasteiger charge is -2.00. The number of amides is 1. The second kappa shape index (κ2) is 10.3. The number of hydrazone groups is 1. The molecule has 0 aliphatic heterocycles. The number of nitrogens with zero attached hydrogens (tertiary/aromatic N) is 2. The maximum Gasteiger partial charge on any atom is 0.250 e. The molecule has 0 aliphatic rings. The average molecular weight is 416 g/mol. The first-order valence-corrected chi connectivity index (χ1v) is 10.8. The summed E-state index contributed by atoms with van der Waals surface area (Å²) in [6.45, 7) is 0. The second-order valence-corrected chi connectivity index (χ2v) is 8.12. The molecular formula is C20H18ClN3OS2. The Kier molecular flexibility index (Phi) is 7.45. The highest BCUT2D eigenvalue weighted by molar-refractivity contribution is 7.99. The zero-order valence-corrected chi connectivity index (χ0v) is 16.9. The van der Waals surface area contributed by atoms with Crippen LogP contribution in [-0.2, 0) is 11.2 Å². The molecule has 1 aromatic heterocycles. The lowest BCUT2D eigenvalue weighted by Crippen LogP contribution is -2.20. The highest BCUT2D eigenvalue weighted by atomic mass is 35.5.